The average molecular weight is 478 g/mol. The van der Waals surface area contributed by atoms with Crippen molar-refractivity contribution in [3.8, 4) is 11.3 Å². The van der Waals surface area contributed by atoms with Gasteiger partial charge in [-0.15, -0.1) is 11.3 Å². The molecular weight excluding hydrogens is 458 g/mol. The minimum absolute atomic E-state index is 0.0100. The summed E-state index contributed by atoms with van der Waals surface area (Å²) >= 11 is 1.09. The topological polar surface area (TPSA) is 129 Å². The van der Waals surface area contributed by atoms with Crippen molar-refractivity contribution in [2.45, 2.75) is 11.8 Å². The average Bonchev–Trinajstić information content (AvgIpc) is 3.41. The van der Waals surface area contributed by atoms with Gasteiger partial charge < -0.3 is 19.2 Å². The van der Waals surface area contributed by atoms with Crippen molar-refractivity contribution in [2.24, 2.45) is 0 Å². The predicted molar refractivity (Wildman–Crippen MR) is 116 cm³/mol. The Labute approximate surface area is 187 Å². The van der Waals surface area contributed by atoms with Crippen molar-refractivity contribution in [1.82, 2.24) is 0 Å². The van der Waals surface area contributed by atoms with E-state index in [1.807, 2.05) is 0 Å². The zero-order chi connectivity index (χ0) is 23.3. The molecule has 1 aromatic carbocycles. The summed E-state index contributed by atoms with van der Waals surface area (Å²) in [7, 11) is -3.50. The minimum atomic E-state index is -3.50. The summed E-state index contributed by atoms with van der Waals surface area (Å²) < 4.78 is 38.7. The summed E-state index contributed by atoms with van der Waals surface area (Å²) in [5.41, 5.74) is 0.583. The zero-order valence-electron chi connectivity index (χ0n) is 17.1. The number of amides is 1. The van der Waals surface area contributed by atoms with Gasteiger partial charge in [0.15, 0.2) is 16.4 Å². The quantitative estimate of drug-likeness (QED) is 0.489. The van der Waals surface area contributed by atoms with Crippen molar-refractivity contribution in [3.63, 3.8) is 0 Å². The molecule has 2 heterocycles. The Balaban J connectivity index is 1.71. The number of nitrogens with one attached hydrogen (secondary N) is 1. The van der Waals surface area contributed by atoms with Crippen LogP contribution in [0.5, 0.6) is 0 Å². The molecule has 0 saturated carbocycles. The van der Waals surface area contributed by atoms with Crippen LogP contribution in [0, 0.1) is 0 Å². The molecule has 0 aliphatic heterocycles. The molecule has 0 unspecified atom stereocenters. The molecule has 0 saturated heterocycles. The number of carbonyl (C=O) groups excluding carboxylic acids is 3. The second-order valence-electron chi connectivity index (χ2n) is 6.48. The Bertz CT molecular complexity index is 1240. The number of hydrogen-bond donors (Lipinski definition) is 1. The van der Waals surface area contributed by atoms with Crippen molar-refractivity contribution < 1.29 is 36.7 Å². The van der Waals surface area contributed by atoms with Gasteiger partial charge in [-0.1, -0.05) is 6.07 Å². The second kappa shape index (κ2) is 9.79. The number of ether oxygens (including phenoxy) is 2. The van der Waals surface area contributed by atoms with Crippen LogP contribution in [0.4, 0.5) is 5.00 Å². The van der Waals surface area contributed by atoms with E-state index in [2.05, 4.69) is 5.32 Å². The first kappa shape index (κ1) is 23.2. The number of rotatable bonds is 8. The van der Waals surface area contributed by atoms with Gasteiger partial charge in [-0.25, -0.2) is 18.0 Å². The van der Waals surface area contributed by atoms with E-state index in [1.165, 1.54) is 30.5 Å². The molecular formula is C21H19NO8S2. The molecule has 0 radical (unpaired) electrons. The maximum Gasteiger partial charge on any atom is 0.341 e. The summed E-state index contributed by atoms with van der Waals surface area (Å²) in [6, 6.07) is 8.64. The van der Waals surface area contributed by atoms with Crippen LogP contribution >= 0.6 is 11.3 Å². The minimum Gasteiger partial charge on any atom is -0.464 e. The number of esters is 2. The van der Waals surface area contributed by atoms with Gasteiger partial charge >= 0.3 is 11.9 Å². The maximum absolute atomic E-state index is 12.4. The van der Waals surface area contributed by atoms with Crippen molar-refractivity contribution >= 4 is 44.0 Å². The molecule has 3 aromatic rings. The lowest BCUT2D eigenvalue weighted by molar-refractivity contribution is -0.119. The summed E-state index contributed by atoms with van der Waals surface area (Å²) in [5.74, 6) is -1.75. The Hall–Kier alpha value is -3.44. The Morgan fingerprint density at radius 3 is 2.53 bits per heavy atom. The first-order valence-corrected chi connectivity index (χ1v) is 12.1. The molecule has 0 fully saturated rings. The molecule has 9 nitrogen and oxygen atoms in total. The van der Waals surface area contributed by atoms with Crippen LogP contribution in [0.25, 0.3) is 11.3 Å². The van der Waals surface area contributed by atoms with Gasteiger partial charge in [0.05, 0.1) is 23.3 Å². The highest BCUT2D eigenvalue weighted by atomic mass is 32.2. The fourth-order valence-corrected chi connectivity index (χ4v) is 4.32. The maximum atomic E-state index is 12.4. The van der Waals surface area contributed by atoms with E-state index in [-0.39, 0.29) is 27.6 Å². The molecule has 2 aromatic heterocycles. The van der Waals surface area contributed by atoms with E-state index in [0.29, 0.717) is 11.3 Å². The summed E-state index contributed by atoms with van der Waals surface area (Å²) in [5, 5.41) is 4.40. The largest absolute Gasteiger partial charge is 0.464 e. The highest BCUT2D eigenvalue weighted by Crippen LogP contribution is 2.36. The van der Waals surface area contributed by atoms with Gasteiger partial charge in [0.2, 0.25) is 0 Å². The first-order valence-electron chi connectivity index (χ1n) is 9.30. The SMILES string of the molecule is CCOC(=O)c1c(-c2ccco2)csc1NC(=O)COC(=O)c1cccc(S(C)(=O)=O)c1. The fraction of sp³-hybridized carbons (Fsp3) is 0.190. The number of furan rings is 1. The standard InChI is InChI=1S/C21H19NO8S2/c1-3-28-21(25)18-15(16-8-5-9-29-16)12-31-19(18)22-17(23)11-30-20(24)13-6-4-7-14(10-13)32(2,26)27/h4-10,12H,3,11H2,1-2H3,(H,22,23). The Morgan fingerprint density at radius 1 is 1.09 bits per heavy atom. The summed E-state index contributed by atoms with van der Waals surface area (Å²) in [6.45, 7) is 1.16. The fourth-order valence-electron chi connectivity index (χ4n) is 2.70. The number of benzene rings is 1. The zero-order valence-corrected chi connectivity index (χ0v) is 18.7. The lowest BCUT2D eigenvalue weighted by atomic mass is 10.1. The molecule has 168 valence electrons. The lowest BCUT2D eigenvalue weighted by Crippen LogP contribution is -2.22. The molecule has 11 heteroatoms. The van der Waals surface area contributed by atoms with Gasteiger partial charge in [0.1, 0.15) is 16.3 Å². The van der Waals surface area contributed by atoms with Crippen LogP contribution in [0.15, 0.2) is 57.4 Å². The van der Waals surface area contributed by atoms with E-state index < -0.39 is 34.3 Å². The van der Waals surface area contributed by atoms with Gasteiger partial charge in [0.25, 0.3) is 5.91 Å². The molecule has 0 bridgehead atoms. The third-order valence-electron chi connectivity index (χ3n) is 4.14. The predicted octanol–water partition coefficient (Wildman–Crippen LogP) is 3.38. The Morgan fingerprint density at radius 2 is 1.88 bits per heavy atom. The van der Waals surface area contributed by atoms with Crippen molar-refractivity contribution in [2.75, 3.05) is 24.8 Å². The normalized spacial score (nSPS) is 11.1. The van der Waals surface area contributed by atoms with Crippen LogP contribution in [0.3, 0.4) is 0 Å². The number of sulfone groups is 1. The van der Waals surface area contributed by atoms with Crippen LogP contribution in [-0.4, -0.2) is 45.7 Å². The summed E-state index contributed by atoms with van der Waals surface area (Å²) in [4.78, 5) is 37.0. The van der Waals surface area contributed by atoms with Crippen LogP contribution in [0.1, 0.15) is 27.6 Å². The third-order valence-corrected chi connectivity index (χ3v) is 6.15. The number of carbonyl (C=O) groups is 3. The van der Waals surface area contributed by atoms with E-state index in [1.54, 1.807) is 24.4 Å². The monoisotopic (exact) mass is 477 g/mol. The van der Waals surface area contributed by atoms with E-state index in [0.717, 1.165) is 17.6 Å². The second-order valence-corrected chi connectivity index (χ2v) is 9.37. The van der Waals surface area contributed by atoms with Crippen molar-refractivity contribution in [1.29, 1.82) is 0 Å². The number of thiophene rings is 1. The molecule has 0 atom stereocenters. The van der Waals surface area contributed by atoms with Crippen LogP contribution in [0.2, 0.25) is 0 Å². The van der Waals surface area contributed by atoms with Gasteiger partial charge in [-0.3, -0.25) is 4.79 Å². The van der Waals surface area contributed by atoms with E-state index in [9.17, 15) is 22.8 Å². The third kappa shape index (κ3) is 5.42. The Kier molecular flexibility index (Phi) is 7.11. The van der Waals surface area contributed by atoms with E-state index in [4.69, 9.17) is 13.9 Å². The first-order chi connectivity index (χ1) is 15.2. The lowest BCUT2D eigenvalue weighted by Gasteiger charge is -2.09. The van der Waals surface area contributed by atoms with Crippen LogP contribution in [-0.2, 0) is 24.1 Å². The summed E-state index contributed by atoms with van der Waals surface area (Å²) in [6.07, 6.45) is 2.47. The molecule has 0 aliphatic rings. The molecule has 0 spiro atoms. The van der Waals surface area contributed by atoms with Gasteiger partial charge in [0, 0.05) is 17.2 Å². The molecule has 1 amide bonds. The highest BCUT2D eigenvalue weighted by Gasteiger charge is 2.24. The number of anilines is 1. The van der Waals surface area contributed by atoms with Gasteiger partial charge in [-0.05, 0) is 37.3 Å². The highest BCUT2D eigenvalue weighted by molar-refractivity contribution is 7.90. The molecule has 3 rings (SSSR count). The van der Waals surface area contributed by atoms with Gasteiger partial charge in [-0.2, -0.15) is 0 Å². The molecule has 0 aliphatic carbocycles. The number of hydrogen-bond acceptors (Lipinski definition) is 9. The molecule has 1 N–H and O–H groups in total. The smallest absolute Gasteiger partial charge is 0.341 e. The van der Waals surface area contributed by atoms with Crippen molar-refractivity contribution in [3.05, 3.63) is 59.2 Å². The molecule has 32 heavy (non-hydrogen) atoms. The van der Waals surface area contributed by atoms with E-state index >= 15 is 0 Å². The van der Waals surface area contributed by atoms with Crippen LogP contribution < -0.4 is 5.32 Å².